The summed E-state index contributed by atoms with van der Waals surface area (Å²) < 4.78 is 9.51. The van der Waals surface area contributed by atoms with Gasteiger partial charge in [-0.3, -0.25) is 4.79 Å². The Morgan fingerprint density at radius 3 is 2.58 bits per heavy atom. The zero-order valence-corrected chi connectivity index (χ0v) is 14.4. The van der Waals surface area contributed by atoms with Crippen molar-refractivity contribution in [3.8, 4) is 12.3 Å². The molecule has 1 aromatic carbocycles. The van der Waals surface area contributed by atoms with Gasteiger partial charge in [0.05, 0.1) is 19.6 Å². The van der Waals surface area contributed by atoms with Crippen LogP contribution >= 0.6 is 0 Å². The predicted molar refractivity (Wildman–Crippen MR) is 92.7 cm³/mol. The number of hydrogen-bond acceptors (Lipinski definition) is 6. The van der Waals surface area contributed by atoms with E-state index in [1.807, 2.05) is 18.2 Å². The van der Waals surface area contributed by atoms with E-state index < -0.39 is 30.1 Å². The van der Waals surface area contributed by atoms with Crippen LogP contribution in [0.25, 0.3) is 0 Å². The summed E-state index contributed by atoms with van der Waals surface area (Å²) in [5, 5.41) is 14.5. The lowest BCUT2D eigenvalue weighted by atomic mass is 10.2. The summed E-state index contributed by atoms with van der Waals surface area (Å²) in [7, 11) is 1.18. The fourth-order valence-corrected chi connectivity index (χ4v) is 1.97. The Balaban J connectivity index is 2.30. The molecule has 26 heavy (non-hydrogen) atoms. The first-order valence-electron chi connectivity index (χ1n) is 7.89. The van der Waals surface area contributed by atoms with Crippen LogP contribution in [0.5, 0.6) is 0 Å². The second-order valence-electron chi connectivity index (χ2n) is 5.35. The molecule has 0 bridgehead atoms. The van der Waals surface area contributed by atoms with Crippen LogP contribution in [0.1, 0.15) is 18.4 Å². The van der Waals surface area contributed by atoms with Gasteiger partial charge in [-0.25, -0.2) is 9.59 Å². The van der Waals surface area contributed by atoms with Gasteiger partial charge in [-0.2, -0.15) is 0 Å². The topological polar surface area (TPSA) is 114 Å². The Bertz CT molecular complexity index is 641. The Labute approximate surface area is 151 Å². The molecule has 0 spiro atoms. The molecule has 8 nitrogen and oxygen atoms in total. The van der Waals surface area contributed by atoms with Crippen LogP contribution in [-0.2, 0) is 25.7 Å². The zero-order valence-electron chi connectivity index (χ0n) is 14.4. The molecule has 1 rings (SSSR count). The average molecular weight is 362 g/mol. The Morgan fingerprint density at radius 1 is 1.27 bits per heavy atom. The average Bonchev–Trinajstić information content (AvgIpc) is 2.64. The quantitative estimate of drug-likeness (QED) is 0.431. The first-order valence-corrected chi connectivity index (χ1v) is 7.89. The molecular weight excluding hydrogens is 340 g/mol. The fourth-order valence-electron chi connectivity index (χ4n) is 1.97. The summed E-state index contributed by atoms with van der Waals surface area (Å²) >= 11 is 0. The van der Waals surface area contributed by atoms with Crippen molar-refractivity contribution in [2.75, 3.05) is 13.7 Å². The van der Waals surface area contributed by atoms with Crippen LogP contribution in [-0.4, -0.2) is 48.9 Å². The normalized spacial score (nSPS) is 12.2. The summed E-state index contributed by atoms with van der Waals surface area (Å²) in [4.78, 5) is 34.9. The lowest BCUT2D eigenvalue weighted by Gasteiger charge is -2.16. The Kier molecular flexibility index (Phi) is 9.28. The van der Waals surface area contributed by atoms with Crippen LogP contribution < -0.4 is 10.6 Å². The minimum atomic E-state index is -1.15. The second-order valence-corrected chi connectivity index (χ2v) is 5.35. The van der Waals surface area contributed by atoms with Crippen LogP contribution in [0.2, 0.25) is 0 Å². The van der Waals surface area contributed by atoms with Crippen LogP contribution in [0.4, 0.5) is 4.79 Å². The molecule has 0 aromatic heterocycles. The highest BCUT2D eigenvalue weighted by Gasteiger charge is 2.22. The van der Waals surface area contributed by atoms with E-state index in [2.05, 4.69) is 21.3 Å². The number of ether oxygens (including phenoxy) is 2. The standard InChI is InChI=1S/C18H22N2O6/c1-3-7-15(17(23)25-2)20-16(22)10-14(21)11-19-18(24)26-12-13-8-5-4-6-9-13/h1,4-6,8-9,14-15,21H,7,10-12H2,2H3,(H,19,24)(H,20,22)/t14-,15+/m1/s1. The van der Waals surface area contributed by atoms with Gasteiger partial charge in [-0.15, -0.1) is 12.3 Å². The van der Waals surface area contributed by atoms with E-state index in [1.165, 1.54) is 7.11 Å². The number of benzene rings is 1. The highest BCUT2D eigenvalue weighted by molar-refractivity contribution is 5.84. The summed E-state index contributed by atoms with van der Waals surface area (Å²) in [5.41, 5.74) is 0.824. The lowest BCUT2D eigenvalue weighted by molar-refractivity contribution is -0.145. The summed E-state index contributed by atoms with van der Waals surface area (Å²) in [6.45, 7) is -0.0881. The van der Waals surface area contributed by atoms with Crippen molar-refractivity contribution in [3.63, 3.8) is 0 Å². The molecule has 0 aliphatic heterocycles. The van der Waals surface area contributed by atoms with Gasteiger partial charge < -0.3 is 25.2 Å². The summed E-state index contributed by atoms with van der Waals surface area (Å²) in [5.74, 6) is 0.990. The van der Waals surface area contributed by atoms with E-state index in [0.717, 1.165) is 5.56 Å². The third-order valence-corrected chi connectivity index (χ3v) is 3.26. The predicted octanol–water partition coefficient (Wildman–Crippen LogP) is 0.345. The van der Waals surface area contributed by atoms with E-state index >= 15 is 0 Å². The van der Waals surface area contributed by atoms with Gasteiger partial charge >= 0.3 is 12.1 Å². The number of amides is 2. The highest BCUT2D eigenvalue weighted by Crippen LogP contribution is 2.01. The van der Waals surface area contributed by atoms with Crippen LogP contribution in [0, 0.1) is 12.3 Å². The molecule has 0 unspecified atom stereocenters. The minimum Gasteiger partial charge on any atom is -0.467 e. The third-order valence-electron chi connectivity index (χ3n) is 3.26. The van der Waals surface area contributed by atoms with Crippen molar-refractivity contribution in [2.24, 2.45) is 0 Å². The number of hydrogen-bond donors (Lipinski definition) is 3. The van der Waals surface area contributed by atoms with Crippen LogP contribution in [0.15, 0.2) is 30.3 Å². The highest BCUT2D eigenvalue weighted by atomic mass is 16.5. The number of aliphatic hydroxyl groups excluding tert-OH is 1. The molecule has 0 fully saturated rings. The maximum absolute atomic E-state index is 11.8. The molecule has 2 amide bonds. The Hall–Kier alpha value is -3.05. The number of carbonyl (C=O) groups is 3. The van der Waals surface area contributed by atoms with Gasteiger partial charge in [0.25, 0.3) is 0 Å². The van der Waals surface area contributed by atoms with Gasteiger partial charge in [-0.1, -0.05) is 30.3 Å². The molecule has 140 valence electrons. The van der Waals surface area contributed by atoms with Crippen LogP contribution in [0.3, 0.4) is 0 Å². The lowest BCUT2D eigenvalue weighted by Crippen LogP contribution is -2.43. The van der Waals surface area contributed by atoms with Gasteiger partial charge in [-0.05, 0) is 5.56 Å². The first kappa shape index (κ1) is 21.0. The number of methoxy groups -OCH3 is 1. The largest absolute Gasteiger partial charge is 0.467 e. The fraction of sp³-hybridized carbons (Fsp3) is 0.389. The SMILES string of the molecule is C#CC[C@H](NC(=O)C[C@@H](O)CNC(=O)OCc1ccccc1)C(=O)OC. The van der Waals surface area contributed by atoms with Crippen molar-refractivity contribution < 1.29 is 29.0 Å². The third kappa shape index (κ3) is 8.17. The van der Waals surface area contributed by atoms with Crippen molar-refractivity contribution in [2.45, 2.75) is 31.6 Å². The van der Waals surface area contributed by atoms with Crippen molar-refractivity contribution in [1.82, 2.24) is 10.6 Å². The van der Waals surface area contributed by atoms with E-state index in [1.54, 1.807) is 12.1 Å². The molecule has 0 saturated heterocycles. The van der Waals surface area contributed by atoms with Crippen molar-refractivity contribution in [1.29, 1.82) is 0 Å². The number of terminal acetylenes is 1. The molecule has 0 heterocycles. The number of nitrogens with one attached hydrogen (secondary N) is 2. The first-order chi connectivity index (χ1) is 12.5. The van der Waals surface area contributed by atoms with E-state index in [9.17, 15) is 19.5 Å². The minimum absolute atomic E-state index is 0.0292. The number of esters is 1. The molecule has 8 heteroatoms. The van der Waals surface area contributed by atoms with Crippen molar-refractivity contribution in [3.05, 3.63) is 35.9 Å². The van der Waals surface area contributed by atoms with E-state index in [-0.39, 0.29) is 26.0 Å². The van der Waals surface area contributed by atoms with Crippen molar-refractivity contribution >= 4 is 18.0 Å². The molecule has 0 aliphatic rings. The van der Waals surface area contributed by atoms with Gasteiger partial charge in [0.1, 0.15) is 12.6 Å². The molecule has 0 saturated carbocycles. The van der Waals surface area contributed by atoms with Gasteiger partial charge in [0, 0.05) is 13.0 Å². The molecule has 0 radical (unpaired) electrons. The maximum Gasteiger partial charge on any atom is 0.407 e. The number of alkyl carbamates (subject to hydrolysis) is 1. The maximum atomic E-state index is 11.8. The second kappa shape index (κ2) is 11.5. The summed E-state index contributed by atoms with van der Waals surface area (Å²) in [6, 6.07) is 8.12. The molecule has 2 atom stereocenters. The van der Waals surface area contributed by atoms with E-state index in [0.29, 0.717) is 0 Å². The zero-order chi connectivity index (χ0) is 19.4. The smallest absolute Gasteiger partial charge is 0.407 e. The van der Waals surface area contributed by atoms with Gasteiger partial charge in [0.15, 0.2) is 0 Å². The molecule has 3 N–H and O–H groups in total. The number of aliphatic hydroxyl groups is 1. The molecular formula is C18H22N2O6. The molecule has 0 aliphatic carbocycles. The molecule has 1 aromatic rings. The monoisotopic (exact) mass is 362 g/mol. The Morgan fingerprint density at radius 2 is 1.96 bits per heavy atom. The number of rotatable bonds is 9. The van der Waals surface area contributed by atoms with E-state index in [4.69, 9.17) is 11.2 Å². The summed E-state index contributed by atoms with van der Waals surface area (Å²) in [6.07, 6.45) is 2.91. The number of carbonyl (C=O) groups excluding carboxylic acids is 3. The van der Waals surface area contributed by atoms with Gasteiger partial charge in [0.2, 0.25) is 5.91 Å².